The van der Waals surface area contributed by atoms with Gasteiger partial charge in [-0.25, -0.2) is 0 Å². The van der Waals surface area contributed by atoms with Crippen LogP contribution in [0.1, 0.15) is 36.0 Å². The van der Waals surface area contributed by atoms with Gasteiger partial charge in [0.15, 0.2) is 0 Å². The Kier molecular flexibility index (Phi) is 11.7. The second kappa shape index (κ2) is 16.8. The Morgan fingerprint density at radius 2 is 0.833 bits per heavy atom. The molecule has 0 spiro atoms. The number of benzene rings is 3. The second-order valence-corrected chi connectivity index (χ2v) is 15.4. The summed E-state index contributed by atoms with van der Waals surface area (Å²) in [6, 6.07) is 26.2. The fraction of sp³-hybridized carbons (Fsp3) is 0.571. The Morgan fingerprint density at radius 3 is 1.15 bits per heavy atom. The van der Waals surface area contributed by atoms with Crippen LogP contribution in [0.2, 0.25) is 0 Å². The van der Waals surface area contributed by atoms with E-state index in [9.17, 15) is 0 Å². The van der Waals surface area contributed by atoms with Crippen molar-refractivity contribution in [1.29, 1.82) is 0 Å². The zero-order valence-corrected chi connectivity index (χ0v) is 30.6. The molecule has 3 aromatic carbocycles. The predicted molar refractivity (Wildman–Crippen MR) is 195 cm³/mol. The summed E-state index contributed by atoms with van der Waals surface area (Å²) < 4.78 is 52.6. The summed E-state index contributed by atoms with van der Waals surface area (Å²) in [5.74, 6) is 2.57. The normalized spacial score (nSPS) is 27.8. The maximum absolute atomic E-state index is 8.17. The van der Waals surface area contributed by atoms with Crippen molar-refractivity contribution in [2.75, 3.05) is 72.7 Å². The first-order valence-electron chi connectivity index (χ1n) is 19.2. The highest BCUT2D eigenvalue weighted by Crippen LogP contribution is 2.60. The van der Waals surface area contributed by atoms with Crippen LogP contribution in [-0.4, -0.2) is 131 Å². The van der Waals surface area contributed by atoms with Gasteiger partial charge in [-0.15, -0.1) is 0 Å². The molecule has 12 heteroatoms. The minimum atomic E-state index is -0.954. The Hall–Kier alpha value is -3.30. The largest absolute Gasteiger partial charge is 0.491 e. The third kappa shape index (κ3) is 10.1. The van der Waals surface area contributed by atoms with Crippen molar-refractivity contribution < 1.29 is 58.0 Å². The van der Waals surface area contributed by atoms with E-state index >= 15 is 0 Å². The summed E-state index contributed by atoms with van der Waals surface area (Å²) in [7, 11) is 0. The lowest BCUT2D eigenvalue weighted by molar-refractivity contribution is 0.0450. The predicted octanol–water partition coefficient (Wildman–Crippen LogP) is 3.23. The van der Waals surface area contributed by atoms with Crippen LogP contribution in [0, 0.1) is 5.41 Å². The van der Waals surface area contributed by atoms with E-state index in [4.69, 9.17) is 58.0 Å². The minimum absolute atomic E-state index is 0.163. The molecule has 6 atom stereocenters. The summed E-state index contributed by atoms with van der Waals surface area (Å²) >= 11 is 0. The van der Waals surface area contributed by atoms with E-state index < -0.39 is 11.5 Å². The highest BCUT2D eigenvalue weighted by Gasteiger charge is 2.59. The quantitative estimate of drug-likeness (QED) is 0.129. The van der Waals surface area contributed by atoms with Gasteiger partial charge in [0.1, 0.15) is 61.5 Å². The molecular formula is C42H52O12. The molecule has 6 unspecified atom stereocenters. The number of hydrogen-bond donors (Lipinski definition) is 3. The molecule has 3 aromatic rings. The second-order valence-electron chi connectivity index (χ2n) is 15.4. The molecule has 0 aromatic heterocycles. The van der Waals surface area contributed by atoms with Crippen LogP contribution >= 0.6 is 0 Å². The molecule has 0 saturated carbocycles. The molecule has 9 rings (SSSR count). The van der Waals surface area contributed by atoms with Gasteiger partial charge in [0.25, 0.3) is 0 Å². The van der Waals surface area contributed by atoms with Crippen LogP contribution in [0.3, 0.4) is 0 Å². The molecule has 6 aliphatic heterocycles. The molecule has 0 bridgehead atoms. The molecule has 12 nitrogen and oxygen atoms in total. The van der Waals surface area contributed by atoms with Crippen LogP contribution in [0.25, 0.3) is 0 Å². The molecule has 0 aliphatic carbocycles. The van der Waals surface area contributed by atoms with Gasteiger partial charge in [0.2, 0.25) is 0 Å². The van der Waals surface area contributed by atoms with Gasteiger partial charge in [-0.1, -0.05) is 36.4 Å². The number of ether oxygens (including phenoxy) is 9. The lowest BCUT2D eigenvalue weighted by Crippen LogP contribution is -2.51. The molecule has 292 valence electrons. The Labute approximate surface area is 316 Å². The zero-order chi connectivity index (χ0) is 37.0. The first-order chi connectivity index (χ1) is 26.4. The molecular weight excluding hydrogens is 696 g/mol. The van der Waals surface area contributed by atoms with Crippen molar-refractivity contribution in [2.24, 2.45) is 5.41 Å². The number of aliphatic hydroxyl groups is 3. The third-order valence-corrected chi connectivity index (χ3v) is 11.0. The molecule has 6 aliphatic rings. The molecule has 6 saturated heterocycles. The van der Waals surface area contributed by atoms with Gasteiger partial charge in [0.05, 0.1) is 71.2 Å². The van der Waals surface area contributed by atoms with E-state index in [1.165, 1.54) is 16.7 Å². The van der Waals surface area contributed by atoms with Gasteiger partial charge in [-0.2, -0.15) is 0 Å². The summed E-state index contributed by atoms with van der Waals surface area (Å²) in [5.41, 5.74) is 3.07. The Bertz CT molecular complexity index is 1530. The maximum Gasteiger partial charge on any atom is 0.119 e. The Balaban J connectivity index is 0.000000640. The maximum atomic E-state index is 8.17. The highest BCUT2D eigenvalue weighted by atomic mass is 16.6. The van der Waals surface area contributed by atoms with Crippen LogP contribution < -0.4 is 14.2 Å². The van der Waals surface area contributed by atoms with E-state index in [1.807, 2.05) is 0 Å². The first kappa shape index (κ1) is 37.6. The van der Waals surface area contributed by atoms with E-state index in [0.717, 1.165) is 82.6 Å². The fourth-order valence-corrected chi connectivity index (χ4v) is 7.61. The van der Waals surface area contributed by atoms with Gasteiger partial charge >= 0.3 is 0 Å². The lowest BCUT2D eigenvalue weighted by atomic mass is 9.50. The van der Waals surface area contributed by atoms with Crippen molar-refractivity contribution in [2.45, 2.75) is 73.8 Å². The number of aliphatic hydroxyl groups excluding tert-OH is 3. The van der Waals surface area contributed by atoms with Crippen molar-refractivity contribution in [3.63, 3.8) is 0 Å². The van der Waals surface area contributed by atoms with Gasteiger partial charge in [-0.3, -0.25) is 0 Å². The van der Waals surface area contributed by atoms with Crippen molar-refractivity contribution in [3.05, 3.63) is 89.5 Å². The average molecular weight is 749 g/mol. The number of epoxide rings is 6. The monoisotopic (exact) mass is 748 g/mol. The summed E-state index contributed by atoms with van der Waals surface area (Å²) in [5, 5.41) is 24.0. The van der Waals surface area contributed by atoms with Gasteiger partial charge in [-0.05, 0) is 84.2 Å². The molecule has 0 radical (unpaired) electrons. The lowest BCUT2D eigenvalue weighted by Gasteiger charge is -2.52. The number of hydrogen-bond acceptors (Lipinski definition) is 12. The van der Waals surface area contributed by atoms with Crippen LogP contribution in [0.5, 0.6) is 17.2 Å². The van der Waals surface area contributed by atoms with Crippen LogP contribution in [0.15, 0.2) is 72.8 Å². The molecule has 54 heavy (non-hydrogen) atoms. The molecule has 0 amide bonds. The summed E-state index contributed by atoms with van der Waals surface area (Å²) in [6.45, 7) is 5.66. The summed E-state index contributed by atoms with van der Waals surface area (Å²) in [6.07, 6.45) is 3.74. The smallest absolute Gasteiger partial charge is 0.119 e. The minimum Gasteiger partial charge on any atom is -0.491 e. The third-order valence-electron chi connectivity index (χ3n) is 11.0. The van der Waals surface area contributed by atoms with Crippen molar-refractivity contribution in [3.8, 4) is 17.2 Å². The SMILES string of the molecule is OCC(O)CO.c1cc(OCC2CO2)ccc1CC(CC1CO1)(CC1CO1)C(CC1CO1)(c1ccc(OCC2CO2)cc1)c1ccc(OCC2CO2)cc1. The van der Waals surface area contributed by atoms with Gasteiger partial charge < -0.3 is 58.0 Å². The highest BCUT2D eigenvalue weighted by molar-refractivity contribution is 5.48. The van der Waals surface area contributed by atoms with E-state index in [1.54, 1.807) is 0 Å². The van der Waals surface area contributed by atoms with E-state index in [-0.39, 0.29) is 55.3 Å². The van der Waals surface area contributed by atoms with Gasteiger partial charge in [0, 0.05) is 5.41 Å². The van der Waals surface area contributed by atoms with Crippen molar-refractivity contribution in [1.82, 2.24) is 0 Å². The average Bonchev–Trinajstić information content (AvgIpc) is 3.97. The topological polar surface area (TPSA) is 164 Å². The molecule has 6 heterocycles. The first-order valence-corrected chi connectivity index (χ1v) is 19.2. The summed E-state index contributed by atoms with van der Waals surface area (Å²) in [4.78, 5) is 0. The van der Waals surface area contributed by atoms with Crippen molar-refractivity contribution >= 4 is 0 Å². The Morgan fingerprint density at radius 1 is 0.500 bits per heavy atom. The number of rotatable bonds is 22. The van der Waals surface area contributed by atoms with Crippen LogP contribution in [0.4, 0.5) is 0 Å². The standard InChI is InChI=1S/C39H44O9.C3H8O3/c1-7-29(40-20-35-23-46-35)8-2-26(1)13-38(14-32-17-43-32,15-33-18-44-33)39(16-34-19-45-34,27-3-9-30(10-4-27)41-21-36-24-47-36)28-5-11-31(12-6-28)42-22-37-25-48-37;4-1-3(6)2-5/h1-12,32-37H,13-25H2;3-6H,1-2H2. The van der Waals surface area contributed by atoms with Crippen LogP contribution in [-0.2, 0) is 40.3 Å². The van der Waals surface area contributed by atoms with E-state index in [2.05, 4.69) is 72.8 Å². The fourth-order valence-electron chi connectivity index (χ4n) is 7.61. The molecule has 6 fully saturated rings. The zero-order valence-electron chi connectivity index (χ0n) is 30.6. The van der Waals surface area contributed by atoms with E-state index in [0.29, 0.717) is 19.8 Å². The molecule has 3 N–H and O–H groups in total.